The number of aliphatic hydroxyl groups is 2. The van der Waals surface area contributed by atoms with Gasteiger partial charge in [0.2, 0.25) is 0 Å². The normalized spacial score (nSPS) is 28.9. The van der Waals surface area contributed by atoms with Gasteiger partial charge < -0.3 is 19.3 Å². The second kappa shape index (κ2) is 13.4. The second-order valence-electron chi connectivity index (χ2n) is 16.2. The molecule has 2 spiro atoms. The molecule has 2 saturated carbocycles. The zero-order chi connectivity index (χ0) is 39.4. The van der Waals surface area contributed by atoms with Crippen LogP contribution in [0.2, 0.25) is 0 Å². The molecule has 0 radical (unpaired) electrons. The number of hydrogen-bond donors (Lipinski definition) is 2. The fraction of sp³-hybridized carbons (Fsp3) is 0.526. The van der Waals surface area contributed by atoms with Gasteiger partial charge in [-0.15, -0.1) is 0 Å². The average Bonchev–Trinajstić information content (AvgIpc) is 3.99. The molecule has 56 heavy (non-hydrogen) atoms. The first-order valence-electron chi connectivity index (χ1n) is 18.8. The molecule has 2 N–H and O–H groups in total. The standard InChI is InChI=1S/2C19H21F2N3O3S/c2*20-18(21)28(26,27)23-7-5-19(6-8-23)9-14(17(19)25)16-13-4-2-1-3-12(13)15-10-22-11-24(15)16/h2*1-4,10-11,14,16-18,25H,5-9H2/t2*14-,16+,17+/m10/s1. The molecule has 2 saturated heterocycles. The molecular formula is C38H42F4N6O6S2. The molecule has 0 unspecified atom stereocenters. The number of benzene rings is 2. The highest BCUT2D eigenvalue weighted by atomic mass is 32.2. The Balaban J connectivity index is 0.000000146. The van der Waals surface area contributed by atoms with Crippen LogP contribution in [0.5, 0.6) is 0 Å². The quantitative estimate of drug-likeness (QED) is 0.260. The molecule has 18 heteroatoms. The molecule has 6 atom stereocenters. The molecule has 2 aromatic heterocycles. The van der Waals surface area contributed by atoms with E-state index in [2.05, 4.69) is 43.4 Å². The van der Waals surface area contributed by atoms with Gasteiger partial charge in [0.15, 0.2) is 0 Å². The topological polar surface area (TPSA) is 151 Å². The Hall–Kier alpha value is -3.68. The third kappa shape index (κ3) is 5.56. The van der Waals surface area contributed by atoms with Gasteiger partial charge in [-0.1, -0.05) is 48.5 Å². The number of hydrogen-bond acceptors (Lipinski definition) is 8. The van der Waals surface area contributed by atoms with Crippen LogP contribution in [0.4, 0.5) is 17.6 Å². The predicted molar refractivity (Wildman–Crippen MR) is 196 cm³/mol. The summed E-state index contributed by atoms with van der Waals surface area (Å²) in [5.41, 5.74) is 5.85. The van der Waals surface area contributed by atoms with Crippen molar-refractivity contribution in [2.24, 2.45) is 22.7 Å². The van der Waals surface area contributed by atoms with Crippen LogP contribution in [0.25, 0.3) is 22.5 Å². The first kappa shape index (κ1) is 37.9. The van der Waals surface area contributed by atoms with Gasteiger partial charge in [0, 0.05) is 49.1 Å². The van der Waals surface area contributed by atoms with E-state index >= 15 is 0 Å². The summed E-state index contributed by atoms with van der Waals surface area (Å²) in [7, 11) is -9.09. The molecule has 6 aliphatic rings. The van der Waals surface area contributed by atoms with Crippen LogP contribution in [0.3, 0.4) is 0 Å². The molecule has 0 amide bonds. The summed E-state index contributed by atoms with van der Waals surface area (Å²) in [5.74, 6) is -6.80. The Bertz CT molecular complexity index is 2190. The fourth-order valence-electron chi connectivity index (χ4n) is 10.8. The summed E-state index contributed by atoms with van der Waals surface area (Å²) in [4.78, 5) is 8.51. The maximum Gasteiger partial charge on any atom is 0.350 e. The highest BCUT2D eigenvalue weighted by Crippen LogP contribution is 2.61. The Morgan fingerprint density at radius 3 is 1.30 bits per heavy atom. The number of nitrogens with zero attached hydrogens (tertiary/aromatic N) is 6. The fourth-order valence-corrected chi connectivity index (χ4v) is 12.6. The zero-order valence-corrected chi connectivity index (χ0v) is 31.8. The monoisotopic (exact) mass is 818 g/mol. The van der Waals surface area contributed by atoms with Crippen LogP contribution in [0.1, 0.15) is 61.7 Å². The number of aliphatic hydroxyl groups excluding tert-OH is 2. The van der Waals surface area contributed by atoms with Crippen molar-refractivity contribution in [2.75, 3.05) is 26.2 Å². The summed E-state index contributed by atoms with van der Waals surface area (Å²) in [6.45, 7) is 0.143. The van der Waals surface area contributed by atoms with E-state index in [1.165, 1.54) is 0 Å². The smallest absolute Gasteiger partial charge is 0.350 e. The Kier molecular flexibility index (Phi) is 9.09. The number of imidazole rings is 2. The summed E-state index contributed by atoms with van der Waals surface area (Å²) >= 11 is 0. The first-order valence-corrected chi connectivity index (χ1v) is 21.8. The van der Waals surface area contributed by atoms with E-state index in [0.29, 0.717) is 25.7 Å². The van der Waals surface area contributed by atoms with Gasteiger partial charge in [-0.05, 0) is 60.5 Å². The second-order valence-corrected chi connectivity index (χ2v) is 20.0. The van der Waals surface area contributed by atoms with E-state index in [9.17, 15) is 44.6 Å². The van der Waals surface area contributed by atoms with Crippen LogP contribution in [0.15, 0.2) is 73.6 Å². The lowest BCUT2D eigenvalue weighted by Crippen LogP contribution is -2.60. The molecular weight excluding hydrogens is 777 g/mol. The summed E-state index contributed by atoms with van der Waals surface area (Å²) in [6, 6.07) is 16.2. The van der Waals surface area contributed by atoms with Gasteiger partial charge in [-0.25, -0.2) is 26.8 Å². The lowest BCUT2D eigenvalue weighted by atomic mass is 9.53. The third-order valence-electron chi connectivity index (χ3n) is 13.8. The zero-order valence-electron chi connectivity index (χ0n) is 30.2. The predicted octanol–water partition coefficient (Wildman–Crippen LogP) is 4.94. The minimum Gasteiger partial charge on any atom is -0.392 e. The summed E-state index contributed by atoms with van der Waals surface area (Å²) in [5, 5.41) is 22.2. The van der Waals surface area contributed by atoms with Crippen LogP contribution < -0.4 is 0 Å². The molecule has 6 heterocycles. The maximum atomic E-state index is 12.8. The minimum absolute atomic E-state index is 0.00264. The molecule has 300 valence electrons. The maximum absolute atomic E-state index is 12.8. The van der Waals surface area contributed by atoms with Gasteiger partial charge >= 0.3 is 11.5 Å². The van der Waals surface area contributed by atoms with Crippen LogP contribution in [-0.4, -0.2) is 105 Å². The van der Waals surface area contributed by atoms with Gasteiger partial charge in [0.25, 0.3) is 20.0 Å². The summed E-state index contributed by atoms with van der Waals surface area (Å²) in [6.07, 6.45) is 9.13. The van der Waals surface area contributed by atoms with Crippen molar-refractivity contribution in [3.8, 4) is 22.5 Å². The van der Waals surface area contributed by atoms with Crippen molar-refractivity contribution < 1.29 is 44.6 Å². The number of aromatic nitrogens is 4. The van der Waals surface area contributed by atoms with E-state index in [-0.39, 0.29) is 50.1 Å². The SMILES string of the molecule is O=S(=O)(C(F)F)N1CCC2(CC1)C[C@@H]([C@H]1c3ccccc3-c3cncn31)[C@H]2O.O=S(=O)(C(F)F)N1CCC2(CC1)C[C@H]([C@@H]1c3ccccc3-c3cncn31)[C@@H]2O. The van der Waals surface area contributed by atoms with Gasteiger partial charge in [-0.3, -0.25) is 0 Å². The highest BCUT2D eigenvalue weighted by Gasteiger charge is 2.60. The molecule has 12 nitrogen and oxygen atoms in total. The van der Waals surface area contributed by atoms with Crippen LogP contribution in [0, 0.1) is 22.7 Å². The molecule has 4 aromatic rings. The van der Waals surface area contributed by atoms with Crippen molar-refractivity contribution >= 4 is 20.0 Å². The van der Waals surface area contributed by atoms with Crippen LogP contribution in [-0.2, 0) is 20.0 Å². The molecule has 2 aliphatic carbocycles. The third-order valence-corrected chi connectivity index (χ3v) is 16.9. The highest BCUT2D eigenvalue weighted by molar-refractivity contribution is 7.89. The first-order chi connectivity index (χ1) is 26.7. The number of fused-ring (bicyclic) bond motifs is 6. The number of sulfonamides is 2. The summed E-state index contributed by atoms with van der Waals surface area (Å²) < 4.78 is 104. The molecule has 2 aromatic carbocycles. The van der Waals surface area contributed by atoms with E-state index in [1.807, 2.05) is 36.7 Å². The van der Waals surface area contributed by atoms with E-state index < -0.39 is 54.6 Å². The Labute approximate surface area is 321 Å². The molecule has 10 rings (SSSR count). The van der Waals surface area contributed by atoms with Crippen molar-refractivity contribution in [3.05, 3.63) is 84.7 Å². The number of rotatable bonds is 6. The molecule has 4 fully saturated rings. The van der Waals surface area contributed by atoms with Crippen molar-refractivity contribution in [1.82, 2.24) is 27.7 Å². The van der Waals surface area contributed by atoms with E-state index in [4.69, 9.17) is 0 Å². The lowest BCUT2D eigenvalue weighted by molar-refractivity contribution is -0.152. The van der Waals surface area contributed by atoms with Crippen molar-refractivity contribution in [2.45, 2.75) is 74.3 Å². The number of halogens is 4. The van der Waals surface area contributed by atoms with Crippen LogP contribution >= 0.6 is 0 Å². The average molecular weight is 819 g/mol. The lowest BCUT2D eigenvalue weighted by Gasteiger charge is -2.57. The molecule has 0 bridgehead atoms. The van der Waals surface area contributed by atoms with Gasteiger partial charge in [-0.2, -0.15) is 26.2 Å². The van der Waals surface area contributed by atoms with E-state index in [0.717, 1.165) is 55.1 Å². The van der Waals surface area contributed by atoms with E-state index in [1.54, 1.807) is 12.7 Å². The van der Waals surface area contributed by atoms with Crippen molar-refractivity contribution in [1.29, 1.82) is 0 Å². The Morgan fingerprint density at radius 1 is 0.607 bits per heavy atom. The number of alkyl halides is 4. The van der Waals surface area contributed by atoms with Crippen molar-refractivity contribution in [3.63, 3.8) is 0 Å². The minimum atomic E-state index is -4.55. The Morgan fingerprint density at radius 2 is 0.964 bits per heavy atom. The largest absolute Gasteiger partial charge is 0.392 e. The molecule has 4 aliphatic heterocycles. The van der Waals surface area contributed by atoms with Gasteiger partial charge in [0.1, 0.15) is 0 Å². The van der Waals surface area contributed by atoms with Gasteiger partial charge in [0.05, 0.1) is 60.7 Å². The number of piperidine rings is 2.